The molecule has 0 aliphatic rings. The van der Waals surface area contributed by atoms with Gasteiger partial charge in [0.1, 0.15) is 11.2 Å². The molecular formula is C18H12Cl2FN5O. The highest BCUT2D eigenvalue weighted by molar-refractivity contribution is 6.30. The van der Waals surface area contributed by atoms with E-state index in [0.717, 1.165) is 0 Å². The molecule has 0 aliphatic carbocycles. The van der Waals surface area contributed by atoms with Crippen LogP contribution in [-0.2, 0) is 6.54 Å². The van der Waals surface area contributed by atoms with Gasteiger partial charge in [-0.25, -0.2) is 14.6 Å². The van der Waals surface area contributed by atoms with Crippen LogP contribution in [0.3, 0.4) is 0 Å². The van der Waals surface area contributed by atoms with E-state index in [1.165, 1.54) is 27.7 Å². The third-order valence-corrected chi connectivity index (χ3v) is 4.49. The van der Waals surface area contributed by atoms with E-state index in [2.05, 4.69) is 15.1 Å². The summed E-state index contributed by atoms with van der Waals surface area (Å²) in [5.41, 5.74) is 0.755. The molecule has 0 N–H and O–H groups in total. The molecule has 136 valence electrons. The Morgan fingerprint density at radius 1 is 1.15 bits per heavy atom. The van der Waals surface area contributed by atoms with Crippen molar-refractivity contribution in [2.45, 2.75) is 6.54 Å². The Labute approximate surface area is 162 Å². The number of benzene rings is 1. The zero-order valence-electron chi connectivity index (χ0n) is 13.8. The van der Waals surface area contributed by atoms with Crippen molar-refractivity contribution in [3.8, 4) is 17.1 Å². The van der Waals surface area contributed by atoms with Crippen LogP contribution in [0.4, 0.5) is 4.39 Å². The van der Waals surface area contributed by atoms with Crippen LogP contribution in [0, 0.1) is 5.95 Å². The van der Waals surface area contributed by atoms with Crippen LogP contribution in [0.15, 0.2) is 53.6 Å². The Bertz CT molecular complexity index is 1190. The van der Waals surface area contributed by atoms with Crippen molar-refractivity contribution in [1.82, 2.24) is 24.3 Å². The lowest BCUT2D eigenvalue weighted by molar-refractivity contribution is 0.583. The van der Waals surface area contributed by atoms with Gasteiger partial charge in [0.2, 0.25) is 5.95 Å². The maximum atomic E-state index is 14.3. The monoisotopic (exact) mass is 403 g/mol. The zero-order chi connectivity index (χ0) is 19.0. The van der Waals surface area contributed by atoms with Crippen molar-refractivity contribution in [3.63, 3.8) is 0 Å². The summed E-state index contributed by atoms with van der Waals surface area (Å²) in [5, 5.41) is 5.15. The van der Waals surface area contributed by atoms with E-state index in [9.17, 15) is 9.18 Å². The maximum Gasteiger partial charge on any atom is 0.264 e. The highest BCUT2D eigenvalue weighted by Crippen LogP contribution is 2.22. The molecule has 0 spiro atoms. The first-order chi connectivity index (χ1) is 13.1. The van der Waals surface area contributed by atoms with Gasteiger partial charge in [-0.05, 0) is 36.4 Å². The van der Waals surface area contributed by atoms with E-state index in [1.54, 1.807) is 30.3 Å². The summed E-state index contributed by atoms with van der Waals surface area (Å²) in [6.07, 6.45) is 2.77. The van der Waals surface area contributed by atoms with Gasteiger partial charge in [-0.3, -0.25) is 9.36 Å². The fraction of sp³-hybridized carbons (Fsp3) is 0.111. The Kier molecular flexibility index (Phi) is 4.63. The summed E-state index contributed by atoms with van der Waals surface area (Å²) in [6.45, 7) is 0.180. The lowest BCUT2D eigenvalue weighted by Crippen LogP contribution is -2.24. The topological polar surface area (TPSA) is 65.6 Å². The van der Waals surface area contributed by atoms with Crippen LogP contribution >= 0.6 is 23.2 Å². The summed E-state index contributed by atoms with van der Waals surface area (Å²) in [4.78, 5) is 21.2. The molecule has 3 heterocycles. The van der Waals surface area contributed by atoms with Crippen molar-refractivity contribution < 1.29 is 4.39 Å². The first-order valence-electron chi connectivity index (χ1n) is 8.01. The van der Waals surface area contributed by atoms with E-state index < -0.39 is 5.95 Å². The fourth-order valence-electron chi connectivity index (χ4n) is 2.82. The number of pyridine rings is 1. The molecule has 0 atom stereocenters. The number of aromatic nitrogens is 5. The van der Waals surface area contributed by atoms with Crippen molar-refractivity contribution in [2.75, 3.05) is 5.88 Å². The number of halogens is 3. The molecule has 27 heavy (non-hydrogen) atoms. The van der Waals surface area contributed by atoms with Gasteiger partial charge in [0, 0.05) is 23.6 Å². The Balaban J connectivity index is 2.03. The fourth-order valence-corrected chi connectivity index (χ4v) is 3.12. The number of rotatable bonds is 4. The Morgan fingerprint density at radius 3 is 2.63 bits per heavy atom. The van der Waals surface area contributed by atoms with Gasteiger partial charge in [0.15, 0.2) is 5.65 Å². The molecule has 9 heteroatoms. The van der Waals surface area contributed by atoms with Crippen molar-refractivity contribution in [1.29, 1.82) is 0 Å². The van der Waals surface area contributed by atoms with E-state index in [4.69, 9.17) is 23.2 Å². The van der Waals surface area contributed by atoms with Gasteiger partial charge in [-0.2, -0.15) is 9.49 Å². The van der Waals surface area contributed by atoms with Crippen molar-refractivity contribution in [2.24, 2.45) is 0 Å². The molecule has 4 aromatic rings. The average Bonchev–Trinajstić information content (AvgIpc) is 3.09. The van der Waals surface area contributed by atoms with Crippen molar-refractivity contribution >= 4 is 34.2 Å². The van der Waals surface area contributed by atoms with Gasteiger partial charge < -0.3 is 0 Å². The standard InChI is InChI=1S/C18H12Cl2FN5O/c19-7-9-25-16(13-2-1-8-22-15(13)21)24-17-14(18(25)27)10-23-26(17)12-5-3-11(20)4-6-12/h1-6,8,10H,7,9H2. The van der Waals surface area contributed by atoms with E-state index in [-0.39, 0.29) is 29.4 Å². The van der Waals surface area contributed by atoms with Crippen LogP contribution in [-0.4, -0.2) is 30.2 Å². The highest BCUT2D eigenvalue weighted by Gasteiger charge is 2.19. The first-order valence-corrected chi connectivity index (χ1v) is 8.93. The van der Waals surface area contributed by atoms with Gasteiger partial charge in [0.05, 0.1) is 17.4 Å². The minimum absolute atomic E-state index is 0.116. The predicted octanol–water partition coefficient (Wildman–Crippen LogP) is 3.68. The number of nitrogens with zero attached hydrogens (tertiary/aromatic N) is 5. The minimum Gasteiger partial charge on any atom is -0.291 e. The molecule has 1 aromatic carbocycles. The minimum atomic E-state index is -0.718. The number of fused-ring (bicyclic) bond motifs is 1. The molecule has 0 aliphatic heterocycles. The van der Waals surface area contributed by atoms with Crippen LogP contribution < -0.4 is 5.56 Å². The molecule has 0 amide bonds. The molecule has 0 saturated carbocycles. The van der Waals surface area contributed by atoms with Crippen LogP contribution in [0.2, 0.25) is 5.02 Å². The molecule has 0 bridgehead atoms. The summed E-state index contributed by atoms with van der Waals surface area (Å²) in [5.74, 6) is -0.396. The second-order valence-electron chi connectivity index (χ2n) is 5.69. The molecular weight excluding hydrogens is 392 g/mol. The quantitative estimate of drug-likeness (QED) is 0.385. The second-order valence-corrected chi connectivity index (χ2v) is 6.51. The molecule has 0 radical (unpaired) electrons. The second kappa shape index (κ2) is 7.09. The normalized spacial score (nSPS) is 11.2. The molecule has 6 nitrogen and oxygen atoms in total. The van der Waals surface area contributed by atoms with Gasteiger partial charge >= 0.3 is 0 Å². The summed E-state index contributed by atoms with van der Waals surface area (Å²) in [7, 11) is 0. The van der Waals surface area contributed by atoms with E-state index in [1.807, 2.05) is 0 Å². The summed E-state index contributed by atoms with van der Waals surface area (Å²) in [6, 6.07) is 10.0. The lowest BCUT2D eigenvalue weighted by Gasteiger charge is -2.12. The van der Waals surface area contributed by atoms with E-state index >= 15 is 0 Å². The molecule has 4 rings (SSSR count). The molecule has 0 saturated heterocycles. The Morgan fingerprint density at radius 2 is 1.93 bits per heavy atom. The van der Waals surface area contributed by atoms with E-state index in [0.29, 0.717) is 21.7 Å². The van der Waals surface area contributed by atoms with Crippen LogP contribution in [0.5, 0.6) is 0 Å². The van der Waals surface area contributed by atoms with Crippen LogP contribution in [0.1, 0.15) is 0 Å². The first kappa shape index (κ1) is 17.6. The summed E-state index contributed by atoms with van der Waals surface area (Å²) >= 11 is 11.8. The zero-order valence-corrected chi connectivity index (χ0v) is 15.3. The average molecular weight is 404 g/mol. The highest BCUT2D eigenvalue weighted by atomic mass is 35.5. The third kappa shape index (κ3) is 3.09. The summed E-state index contributed by atoms with van der Waals surface area (Å²) < 4.78 is 17.1. The third-order valence-electron chi connectivity index (χ3n) is 4.07. The largest absolute Gasteiger partial charge is 0.291 e. The predicted molar refractivity (Wildman–Crippen MR) is 102 cm³/mol. The van der Waals surface area contributed by atoms with Crippen molar-refractivity contribution in [3.05, 3.63) is 70.1 Å². The lowest BCUT2D eigenvalue weighted by atomic mass is 10.2. The maximum absolute atomic E-state index is 14.3. The van der Waals surface area contributed by atoms with Gasteiger partial charge in [-0.1, -0.05) is 11.6 Å². The molecule has 3 aromatic heterocycles. The number of hydrogen-bond donors (Lipinski definition) is 0. The number of alkyl halides is 1. The van der Waals surface area contributed by atoms with Gasteiger partial charge in [0.25, 0.3) is 5.56 Å². The van der Waals surface area contributed by atoms with Gasteiger partial charge in [-0.15, -0.1) is 11.6 Å². The Hall–Kier alpha value is -2.77. The van der Waals surface area contributed by atoms with Crippen LogP contribution in [0.25, 0.3) is 28.1 Å². The number of hydrogen-bond acceptors (Lipinski definition) is 4. The molecule has 0 unspecified atom stereocenters. The smallest absolute Gasteiger partial charge is 0.264 e. The SMILES string of the molecule is O=c1c2cnn(-c3ccc(Cl)cc3)c2nc(-c2cccnc2F)n1CCCl. The molecule has 0 fully saturated rings.